The van der Waals surface area contributed by atoms with Gasteiger partial charge in [-0.15, -0.1) is 10.2 Å². The van der Waals surface area contributed by atoms with Crippen LogP contribution in [0.25, 0.3) is 5.95 Å². The lowest BCUT2D eigenvalue weighted by molar-refractivity contribution is -0.385. The molecule has 0 saturated carbocycles. The van der Waals surface area contributed by atoms with Crippen LogP contribution in [0.4, 0.5) is 5.69 Å². The predicted octanol–water partition coefficient (Wildman–Crippen LogP) is 1.05. The highest BCUT2D eigenvalue weighted by Crippen LogP contribution is 2.37. The largest absolute Gasteiger partial charge is 0.493 e. The lowest BCUT2D eigenvalue weighted by Gasteiger charge is -2.10. The van der Waals surface area contributed by atoms with Crippen molar-refractivity contribution in [2.45, 2.75) is 20.8 Å². The zero-order valence-electron chi connectivity index (χ0n) is 18.1. The number of H-pyrrole nitrogens is 1. The second kappa shape index (κ2) is 9.67. The van der Waals surface area contributed by atoms with E-state index in [1.807, 2.05) is 0 Å². The summed E-state index contributed by atoms with van der Waals surface area (Å²) in [5.41, 5.74) is 2.51. The van der Waals surface area contributed by atoms with Crippen LogP contribution in [0.2, 0.25) is 0 Å². The summed E-state index contributed by atoms with van der Waals surface area (Å²) in [5, 5.41) is 27.0. The molecule has 2 N–H and O–H groups in total. The lowest BCUT2D eigenvalue weighted by Crippen LogP contribution is -2.24. The predicted molar refractivity (Wildman–Crippen MR) is 115 cm³/mol. The van der Waals surface area contributed by atoms with E-state index in [-0.39, 0.29) is 41.1 Å². The van der Waals surface area contributed by atoms with Gasteiger partial charge in [0.1, 0.15) is 11.4 Å². The maximum atomic E-state index is 12.7. The van der Waals surface area contributed by atoms with Gasteiger partial charge in [0.25, 0.3) is 17.4 Å². The number of carbonyl (C=O) groups is 1. The molecule has 0 aliphatic carbocycles. The Morgan fingerprint density at radius 1 is 1.33 bits per heavy atom. The molecule has 0 spiro atoms. The van der Waals surface area contributed by atoms with Crippen LogP contribution in [0, 0.1) is 24.0 Å². The van der Waals surface area contributed by atoms with Gasteiger partial charge >= 0.3 is 5.69 Å². The number of nitro benzene ring substituents is 1. The Kier molecular flexibility index (Phi) is 6.76. The summed E-state index contributed by atoms with van der Waals surface area (Å²) < 4.78 is 11.6. The first kappa shape index (κ1) is 23.1. The van der Waals surface area contributed by atoms with Gasteiger partial charge in [-0.2, -0.15) is 14.9 Å². The molecule has 0 bridgehead atoms. The van der Waals surface area contributed by atoms with Gasteiger partial charge in [-0.1, -0.05) is 0 Å². The fraction of sp³-hybridized carbons (Fsp3) is 0.263. The molecule has 0 unspecified atom stereocenters. The highest BCUT2D eigenvalue weighted by atomic mass is 16.6. The molecule has 0 saturated heterocycles. The third-order valence-electron chi connectivity index (χ3n) is 4.26. The molecule has 0 fully saturated rings. The van der Waals surface area contributed by atoms with E-state index < -0.39 is 16.4 Å². The van der Waals surface area contributed by atoms with E-state index in [9.17, 15) is 19.7 Å². The first-order chi connectivity index (χ1) is 15.7. The van der Waals surface area contributed by atoms with Crippen LogP contribution < -0.4 is 20.5 Å². The first-order valence-corrected chi connectivity index (χ1v) is 9.58. The molecule has 14 heteroatoms. The molecule has 0 atom stereocenters. The van der Waals surface area contributed by atoms with Crippen molar-refractivity contribution >= 4 is 17.8 Å². The molecule has 1 amide bonds. The minimum atomic E-state index is -0.664. The average molecular weight is 456 g/mol. The Bertz CT molecular complexity index is 1300. The minimum absolute atomic E-state index is 0.00115. The summed E-state index contributed by atoms with van der Waals surface area (Å²) in [6.07, 6.45) is 1.21. The number of nitrogens with one attached hydrogen (secondary N) is 2. The molecule has 3 rings (SSSR count). The number of nitro groups is 1. The summed E-state index contributed by atoms with van der Waals surface area (Å²) >= 11 is 0. The van der Waals surface area contributed by atoms with Gasteiger partial charge in [-0.3, -0.25) is 24.7 Å². The van der Waals surface area contributed by atoms with E-state index in [2.05, 4.69) is 30.8 Å². The number of aromatic amines is 1. The van der Waals surface area contributed by atoms with Gasteiger partial charge in [0.15, 0.2) is 5.75 Å². The van der Waals surface area contributed by atoms with Crippen LogP contribution in [0.1, 0.15) is 34.4 Å². The number of benzene rings is 1. The summed E-state index contributed by atoms with van der Waals surface area (Å²) in [7, 11) is 1.35. The third-order valence-corrected chi connectivity index (χ3v) is 4.26. The Hall–Kier alpha value is -4.62. The highest BCUT2D eigenvalue weighted by Gasteiger charge is 2.22. The molecular formula is C19H20N8O6. The first-order valence-electron chi connectivity index (χ1n) is 9.58. The molecular weight excluding hydrogens is 436 g/mol. The van der Waals surface area contributed by atoms with Crippen molar-refractivity contribution in [1.82, 2.24) is 30.4 Å². The fourth-order valence-corrected chi connectivity index (χ4v) is 2.78. The van der Waals surface area contributed by atoms with Crippen LogP contribution in [-0.2, 0) is 0 Å². The Balaban J connectivity index is 1.87. The Labute approximate surface area is 186 Å². The molecule has 14 nitrogen and oxygen atoms in total. The molecule has 2 heterocycles. The summed E-state index contributed by atoms with van der Waals surface area (Å²) in [6.45, 7) is 5.05. The van der Waals surface area contributed by atoms with E-state index in [4.69, 9.17) is 9.47 Å². The number of methoxy groups -OCH3 is 1. The normalized spacial score (nSPS) is 10.9. The van der Waals surface area contributed by atoms with E-state index in [0.29, 0.717) is 11.3 Å². The van der Waals surface area contributed by atoms with Gasteiger partial charge in [0, 0.05) is 11.6 Å². The number of ether oxygens (including phenoxy) is 2. The monoisotopic (exact) mass is 456 g/mol. The molecule has 33 heavy (non-hydrogen) atoms. The van der Waals surface area contributed by atoms with Crippen molar-refractivity contribution in [3.63, 3.8) is 0 Å². The number of rotatable bonds is 8. The number of aromatic nitrogens is 5. The van der Waals surface area contributed by atoms with E-state index in [1.54, 1.807) is 13.8 Å². The van der Waals surface area contributed by atoms with E-state index >= 15 is 0 Å². The number of aryl methyl sites for hydroxylation is 2. The molecule has 0 aliphatic heterocycles. The summed E-state index contributed by atoms with van der Waals surface area (Å²) in [6, 6.07) is 4.19. The zero-order chi connectivity index (χ0) is 24.1. The molecule has 3 aromatic rings. The molecule has 172 valence electrons. The van der Waals surface area contributed by atoms with Crippen molar-refractivity contribution in [3.8, 4) is 17.4 Å². The van der Waals surface area contributed by atoms with Gasteiger partial charge in [0.05, 0.1) is 30.5 Å². The van der Waals surface area contributed by atoms with Crippen LogP contribution in [0.15, 0.2) is 28.1 Å². The van der Waals surface area contributed by atoms with Crippen molar-refractivity contribution in [2.24, 2.45) is 5.10 Å². The smallest absolute Gasteiger partial charge is 0.315 e. The maximum absolute atomic E-state index is 12.7. The Morgan fingerprint density at radius 2 is 2.09 bits per heavy atom. The zero-order valence-corrected chi connectivity index (χ0v) is 18.1. The van der Waals surface area contributed by atoms with Crippen LogP contribution in [-0.4, -0.2) is 55.7 Å². The molecule has 0 aliphatic rings. The third kappa shape index (κ3) is 5.00. The van der Waals surface area contributed by atoms with Crippen molar-refractivity contribution in [1.29, 1.82) is 0 Å². The SMILES string of the molecule is CCOc1c(OC)cc(/C=N\NC(=O)c2cc(C)nn2-c2nnc(C)c(=O)[nH]2)cc1[N+](=O)[O-]. The highest BCUT2D eigenvalue weighted by molar-refractivity contribution is 5.94. The summed E-state index contributed by atoms with van der Waals surface area (Å²) in [4.78, 5) is 37.8. The summed E-state index contributed by atoms with van der Waals surface area (Å²) in [5.74, 6) is -0.560. The van der Waals surface area contributed by atoms with Gasteiger partial charge < -0.3 is 9.47 Å². The van der Waals surface area contributed by atoms with Crippen molar-refractivity contribution in [2.75, 3.05) is 13.7 Å². The standard InChI is InChI=1S/C19H20N8O6/c1-5-33-16-13(27(30)31)7-12(8-15(16)32-4)9-20-23-18(29)14-6-10(2)25-26(14)19-21-17(28)11(3)22-24-19/h6-9H,5H2,1-4H3,(H,23,29)(H,21,24,28)/b20-9-. The lowest BCUT2D eigenvalue weighted by atomic mass is 10.2. The topological polar surface area (TPSA) is 180 Å². The van der Waals surface area contributed by atoms with E-state index in [1.165, 1.54) is 38.4 Å². The van der Waals surface area contributed by atoms with Crippen LogP contribution in [0.5, 0.6) is 11.5 Å². The number of hydrazone groups is 1. The van der Waals surface area contributed by atoms with Crippen molar-refractivity contribution < 1.29 is 19.2 Å². The second-order valence-electron chi connectivity index (χ2n) is 6.61. The maximum Gasteiger partial charge on any atom is 0.315 e. The van der Waals surface area contributed by atoms with Crippen molar-refractivity contribution in [3.05, 3.63) is 61.3 Å². The molecule has 0 radical (unpaired) electrons. The number of carbonyl (C=O) groups excluding carboxylic acids is 1. The molecule has 2 aromatic heterocycles. The number of hydrogen-bond acceptors (Lipinski definition) is 10. The second-order valence-corrected chi connectivity index (χ2v) is 6.61. The van der Waals surface area contributed by atoms with E-state index in [0.717, 1.165) is 4.68 Å². The van der Waals surface area contributed by atoms with Gasteiger partial charge in [0.2, 0.25) is 5.75 Å². The van der Waals surface area contributed by atoms with Gasteiger partial charge in [-0.05, 0) is 32.9 Å². The fourth-order valence-electron chi connectivity index (χ4n) is 2.78. The number of hydrogen-bond donors (Lipinski definition) is 2. The Morgan fingerprint density at radius 3 is 2.73 bits per heavy atom. The van der Waals surface area contributed by atoms with Crippen LogP contribution in [0.3, 0.4) is 0 Å². The number of nitrogens with zero attached hydrogens (tertiary/aromatic N) is 6. The van der Waals surface area contributed by atoms with Crippen LogP contribution >= 0.6 is 0 Å². The quantitative estimate of drug-likeness (QED) is 0.284. The average Bonchev–Trinajstić information content (AvgIpc) is 3.18. The minimum Gasteiger partial charge on any atom is -0.493 e. The molecule has 1 aromatic carbocycles. The number of amides is 1. The van der Waals surface area contributed by atoms with Gasteiger partial charge in [-0.25, -0.2) is 5.43 Å².